The van der Waals surface area contributed by atoms with Crippen molar-refractivity contribution in [3.05, 3.63) is 65.9 Å². The average molecular weight is 321 g/mol. The number of nitrogens with zero attached hydrogens (tertiary/aromatic N) is 2. The van der Waals surface area contributed by atoms with Crippen molar-refractivity contribution in [2.75, 3.05) is 7.11 Å². The number of methoxy groups -OCH3 is 1. The summed E-state index contributed by atoms with van der Waals surface area (Å²) in [5.74, 6) is 0.823. The van der Waals surface area contributed by atoms with E-state index in [-0.39, 0.29) is 0 Å². The summed E-state index contributed by atoms with van der Waals surface area (Å²) < 4.78 is 5.29. The van der Waals surface area contributed by atoms with Crippen LogP contribution >= 0.6 is 11.6 Å². The predicted molar refractivity (Wildman–Crippen MR) is 94.0 cm³/mol. The van der Waals surface area contributed by atoms with Gasteiger partial charge in [0.2, 0.25) is 0 Å². The van der Waals surface area contributed by atoms with Gasteiger partial charge in [-0.2, -0.15) is 0 Å². The lowest BCUT2D eigenvalue weighted by molar-refractivity contribution is 0.415. The average Bonchev–Trinajstić information content (AvgIpc) is 2.60. The number of rotatable bonds is 2. The van der Waals surface area contributed by atoms with Crippen LogP contribution in [0.25, 0.3) is 32.9 Å². The molecule has 0 fully saturated rings. The Hall–Kier alpha value is -2.65. The van der Waals surface area contributed by atoms with Gasteiger partial charge in [0.1, 0.15) is 5.75 Å². The van der Waals surface area contributed by atoms with Crippen LogP contribution in [0.4, 0.5) is 0 Å². The second kappa shape index (κ2) is 5.52. The van der Waals surface area contributed by atoms with E-state index in [9.17, 15) is 0 Å². The van der Waals surface area contributed by atoms with Gasteiger partial charge in [-0.1, -0.05) is 23.7 Å². The van der Waals surface area contributed by atoms with Crippen molar-refractivity contribution in [1.29, 1.82) is 0 Å². The van der Waals surface area contributed by atoms with Crippen molar-refractivity contribution < 1.29 is 4.74 Å². The Labute approximate surface area is 138 Å². The van der Waals surface area contributed by atoms with Crippen molar-refractivity contribution in [3.8, 4) is 16.9 Å². The molecular weight excluding hydrogens is 308 g/mol. The third-order valence-corrected chi connectivity index (χ3v) is 4.24. The first-order valence-electron chi connectivity index (χ1n) is 7.23. The van der Waals surface area contributed by atoms with Crippen LogP contribution < -0.4 is 4.74 Å². The molecule has 23 heavy (non-hydrogen) atoms. The van der Waals surface area contributed by atoms with Crippen molar-refractivity contribution in [1.82, 2.24) is 9.97 Å². The smallest absolute Gasteiger partial charge is 0.119 e. The molecule has 2 aromatic carbocycles. The molecule has 0 aliphatic heterocycles. The molecule has 0 N–H and O–H groups in total. The van der Waals surface area contributed by atoms with Crippen LogP contribution in [-0.4, -0.2) is 17.1 Å². The van der Waals surface area contributed by atoms with Gasteiger partial charge in [-0.15, -0.1) is 0 Å². The van der Waals surface area contributed by atoms with Crippen molar-refractivity contribution in [2.45, 2.75) is 0 Å². The topological polar surface area (TPSA) is 35.0 Å². The molecule has 0 amide bonds. The maximum atomic E-state index is 6.20. The Morgan fingerprint density at radius 1 is 0.870 bits per heavy atom. The SMILES string of the molecule is COc1ccc2ncc(-c3ccc4c(Cl)ccnc4c3)cc2c1. The van der Waals surface area contributed by atoms with Crippen molar-refractivity contribution in [2.24, 2.45) is 0 Å². The highest BCUT2D eigenvalue weighted by Crippen LogP contribution is 2.29. The lowest BCUT2D eigenvalue weighted by Gasteiger charge is -2.07. The van der Waals surface area contributed by atoms with Gasteiger partial charge in [-0.3, -0.25) is 9.97 Å². The molecule has 112 valence electrons. The highest BCUT2D eigenvalue weighted by molar-refractivity contribution is 6.35. The third kappa shape index (κ3) is 2.49. The molecule has 2 aromatic heterocycles. The van der Waals surface area contributed by atoms with Crippen LogP contribution in [0.5, 0.6) is 5.75 Å². The summed E-state index contributed by atoms with van der Waals surface area (Å²) >= 11 is 6.20. The molecule has 0 bridgehead atoms. The quantitative estimate of drug-likeness (QED) is 0.514. The van der Waals surface area contributed by atoms with Crippen LogP contribution in [0.1, 0.15) is 0 Å². The standard InChI is InChI=1S/C19H13ClN2O/c1-23-15-3-5-18-13(9-15)8-14(11-22-18)12-2-4-16-17(20)6-7-21-19(16)10-12/h2-11H,1H3. The van der Waals surface area contributed by atoms with E-state index in [4.69, 9.17) is 16.3 Å². The fourth-order valence-corrected chi connectivity index (χ4v) is 2.90. The Morgan fingerprint density at radius 3 is 2.65 bits per heavy atom. The number of halogens is 1. The fraction of sp³-hybridized carbons (Fsp3) is 0.0526. The van der Waals surface area contributed by atoms with E-state index >= 15 is 0 Å². The van der Waals surface area contributed by atoms with Gasteiger partial charge in [-0.25, -0.2) is 0 Å². The minimum Gasteiger partial charge on any atom is -0.497 e. The molecule has 4 aromatic rings. The molecule has 0 atom stereocenters. The van der Waals surface area contributed by atoms with Gasteiger partial charge >= 0.3 is 0 Å². The summed E-state index contributed by atoms with van der Waals surface area (Å²) in [4.78, 5) is 8.92. The zero-order chi connectivity index (χ0) is 15.8. The second-order valence-electron chi connectivity index (χ2n) is 5.31. The maximum absolute atomic E-state index is 6.20. The summed E-state index contributed by atoms with van der Waals surface area (Å²) in [6, 6.07) is 15.8. The lowest BCUT2D eigenvalue weighted by Crippen LogP contribution is -1.87. The lowest BCUT2D eigenvalue weighted by atomic mass is 10.0. The van der Waals surface area contributed by atoms with Crippen molar-refractivity contribution in [3.63, 3.8) is 0 Å². The number of benzene rings is 2. The Balaban J connectivity index is 1.87. The van der Waals surface area contributed by atoms with Crippen molar-refractivity contribution >= 4 is 33.4 Å². The molecular formula is C19H13ClN2O. The largest absolute Gasteiger partial charge is 0.497 e. The van der Waals surface area contributed by atoms with Crippen LogP contribution in [-0.2, 0) is 0 Å². The van der Waals surface area contributed by atoms with E-state index in [0.717, 1.165) is 38.7 Å². The molecule has 0 aliphatic carbocycles. The summed E-state index contributed by atoms with van der Waals surface area (Å²) in [6.07, 6.45) is 3.60. The molecule has 4 heteroatoms. The Bertz CT molecular complexity index is 1030. The minimum atomic E-state index is 0.711. The predicted octanol–water partition coefficient (Wildman–Crippen LogP) is 5.11. The molecule has 0 unspecified atom stereocenters. The summed E-state index contributed by atoms with van der Waals surface area (Å²) in [5, 5.41) is 2.71. The third-order valence-electron chi connectivity index (χ3n) is 3.91. The Kier molecular flexibility index (Phi) is 3.36. The van der Waals surface area contributed by atoms with Gasteiger partial charge in [-0.05, 0) is 42.0 Å². The molecule has 4 rings (SSSR count). The summed E-state index contributed by atoms with van der Waals surface area (Å²) in [6.45, 7) is 0. The zero-order valence-electron chi connectivity index (χ0n) is 12.5. The Morgan fingerprint density at radius 2 is 1.78 bits per heavy atom. The van der Waals surface area contributed by atoms with Crippen LogP contribution in [0.3, 0.4) is 0 Å². The first-order chi connectivity index (χ1) is 11.2. The van der Waals surface area contributed by atoms with E-state index < -0.39 is 0 Å². The highest BCUT2D eigenvalue weighted by atomic mass is 35.5. The molecule has 0 spiro atoms. The van der Waals surface area contributed by atoms with E-state index in [2.05, 4.69) is 16.0 Å². The first kappa shape index (κ1) is 14.0. The zero-order valence-corrected chi connectivity index (χ0v) is 13.2. The van der Waals surface area contributed by atoms with Crippen LogP contribution in [0, 0.1) is 0 Å². The van der Waals surface area contributed by atoms with Gasteiger partial charge in [0.15, 0.2) is 0 Å². The van der Waals surface area contributed by atoms with Crippen LogP contribution in [0.15, 0.2) is 60.9 Å². The van der Waals surface area contributed by atoms with Crippen LogP contribution in [0.2, 0.25) is 5.02 Å². The number of fused-ring (bicyclic) bond motifs is 2. The van der Waals surface area contributed by atoms with Gasteiger partial charge in [0, 0.05) is 28.7 Å². The first-order valence-corrected chi connectivity index (χ1v) is 7.61. The summed E-state index contributed by atoms with van der Waals surface area (Å²) in [7, 11) is 1.66. The van der Waals surface area contributed by atoms with Gasteiger partial charge < -0.3 is 4.74 Å². The fourth-order valence-electron chi connectivity index (χ4n) is 2.69. The summed E-state index contributed by atoms with van der Waals surface area (Å²) in [5.41, 5.74) is 3.91. The molecule has 0 saturated carbocycles. The van der Waals surface area contributed by atoms with E-state index in [1.165, 1.54) is 0 Å². The number of hydrogen-bond acceptors (Lipinski definition) is 3. The van der Waals surface area contributed by atoms with E-state index in [0.29, 0.717) is 5.02 Å². The maximum Gasteiger partial charge on any atom is 0.119 e. The molecule has 3 nitrogen and oxygen atoms in total. The number of ether oxygens (including phenoxy) is 1. The van der Waals surface area contributed by atoms with Gasteiger partial charge in [0.25, 0.3) is 0 Å². The minimum absolute atomic E-state index is 0.711. The second-order valence-corrected chi connectivity index (χ2v) is 5.71. The van der Waals surface area contributed by atoms with Gasteiger partial charge in [0.05, 0.1) is 23.2 Å². The van der Waals surface area contributed by atoms with E-state index in [1.807, 2.05) is 42.6 Å². The normalized spacial score (nSPS) is 11.0. The molecule has 0 radical (unpaired) electrons. The monoisotopic (exact) mass is 320 g/mol. The number of aromatic nitrogens is 2. The molecule has 2 heterocycles. The molecule has 0 saturated heterocycles. The number of pyridine rings is 2. The number of hydrogen-bond donors (Lipinski definition) is 0. The highest BCUT2D eigenvalue weighted by Gasteiger charge is 2.05. The van der Waals surface area contributed by atoms with E-state index in [1.54, 1.807) is 19.4 Å². The molecule has 0 aliphatic rings.